The molecule has 0 N–H and O–H groups in total. The lowest BCUT2D eigenvalue weighted by atomic mass is 10.0. The molecule has 0 unspecified atom stereocenters. The molecule has 1 heterocycles. The fraction of sp³-hybridized carbons (Fsp3) is 0.632. The van der Waals surface area contributed by atoms with E-state index in [1.807, 2.05) is 6.07 Å². The number of nitrogens with zero attached hydrogens (tertiary/aromatic N) is 1. The minimum Gasteiger partial charge on any atom is -0.469 e. The summed E-state index contributed by atoms with van der Waals surface area (Å²) in [5, 5.41) is 0. The standard InChI is InChI=1S/C19H29NO3/c1-15(2)17-13-20(12-8-7-11-19(21)22-3)14-18(23-17)16-9-5-4-6-10-16/h4-6,9-10,15,17-18H,7-8,11-14H2,1-3H3/t17-,18+/m1/s1. The average Bonchev–Trinajstić information content (AvgIpc) is 2.59. The largest absolute Gasteiger partial charge is 0.469 e. The molecule has 2 rings (SSSR count). The molecule has 4 nitrogen and oxygen atoms in total. The number of unbranched alkanes of at least 4 members (excludes halogenated alkanes) is 1. The molecule has 0 aliphatic carbocycles. The van der Waals surface area contributed by atoms with Crippen LogP contribution in [0.4, 0.5) is 0 Å². The van der Waals surface area contributed by atoms with Crippen LogP contribution in [0, 0.1) is 5.92 Å². The maximum absolute atomic E-state index is 11.2. The SMILES string of the molecule is COC(=O)CCCCN1C[C@@H](c2ccccc2)O[C@@H](C(C)C)C1. The summed E-state index contributed by atoms with van der Waals surface area (Å²) in [4.78, 5) is 13.7. The van der Waals surface area contributed by atoms with E-state index in [-0.39, 0.29) is 18.2 Å². The topological polar surface area (TPSA) is 38.8 Å². The maximum Gasteiger partial charge on any atom is 0.305 e. The Morgan fingerprint density at radius 3 is 2.65 bits per heavy atom. The first kappa shape index (κ1) is 18.0. The summed E-state index contributed by atoms with van der Waals surface area (Å²) in [6.07, 6.45) is 2.80. The molecule has 128 valence electrons. The number of morpholine rings is 1. The van der Waals surface area contributed by atoms with Gasteiger partial charge in [-0.25, -0.2) is 0 Å². The van der Waals surface area contributed by atoms with E-state index in [1.54, 1.807) is 0 Å². The number of methoxy groups -OCH3 is 1. The second-order valence-corrected chi connectivity index (χ2v) is 6.61. The summed E-state index contributed by atoms with van der Waals surface area (Å²) < 4.78 is 11.0. The van der Waals surface area contributed by atoms with Crippen LogP contribution in [0.15, 0.2) is 30.3 Å². The molecule has 23 heavy (non-hydrogen) atoms. The van der Waals surface area contributed by atoms with Crippen molar-refractivity contribution in [3.8, 4) is 0 Å². The van der Waals surface area contributed by atoms with Crippen LogP contribution in [0.1, 0.15) is 44.8 Å². The van der Waals surface area contributed by atoms with E-state index >= 15 is 0 Å². The van der Waals surface area contributed by atoms with E-state index in [2.05, 4.69) is 43.0 Å². The molecule has 4 heteroatoms. The van der Waals surface area contributed by atoms with E-state index in [0.717, 1.165) is 32.5 Å². The molecular formula is C19H29NO3. The van der Waals surface area contributed by atoms with Crippen molar-refractivity contribution in [1.82, 2.24) is 4.90 Å². The van der Waals surface area contributed by atoms with Gasteiger partial charge in [0.05, 0.1) is 19.3 Å². The lowest BCUT2D eigenvalue weighted by molar-refractivity contribution is -0.140. The molecule has 1 aromatic rings. The molecule has 1 aromatic carbocycles. The van der Waals surface area contributed by atoms with Crippen molar-refractivity contribution in [2.24, 2.45) is 5.92 Å². The fourth-order valence-electron chi connectivity index (χ4n) is 2.97. The van der Waals surface area contributed by atoms with Crippen molar-refractivity contribution in [2.75, 3.05) is 26.7 Å². The number of benzene rings is 1. The Kier molecular flexibility index (Phi) is 7.06. The minimum absolute atomic E-state index is 0.116. The van der Waals surface area contributed by atoms with Gasteiger partial charge in [-0.05, 0) is 30.9 Å². The molecule has 1 aliphatic heterocycles. The third kappa shape index (κ3) is 5.63. The Morgan fingerprint density at radius 1 is 1.26 bits per heavy atom. The summed E-state index contributed by atoms with van der Waals surface area (Å²) in [7, 11) is 1.45. The van der Waals surface area contributed by atoms with Gasteiger partial charge in [0.1, 0.15) is 0 Å². The third-order valence-corrected chi connectivity index (χ3v) is 4.45. The molecule has 0 aromatic heterocycles. The van der Waals surface area contributed by atoms with Crippen molar-refractivity contribution in [3.63, 3.8) is 0 Å². The first-order valence-corrected chi connectivity index (χ1v) is 8.59. The van der Waals surface area contributed by atoms with Crippen LogP contribution in [0.2, 0.25) is 0 Å². The predicted molar refractivity (Wildman–Crippen MR) is 91.2 cm³/mol. The van der Waals surface area contributed by atoms with Crippen LogP contribution in [0.5, 0.6) is 0 Å². The van der Waals surface area contributed by atoms with Crippen LogP contribution in [0.3, 0.4) is 0 Å². The number of hydrogen-bond acceptors (Lipinski definition) is 4. The van der Waals surface area contributed by atoms with Gasteiger partial charge in [-0.15, -0.1) is 0 Å². The first-order valence-electron chi connectivity index (χ1n) is 8.59. The van der Waals surface area contributed by atoms with Gasteiger partial charge in [-0.1, -0.05) is 44.2 Å². The molecule has 1 saturated heterocycles. The molecule has 0 bridgehead atoms. The third-order valence-electron chi connectivity index (χ3n) is 4.45. The normalized spacial score (nSPS) is 22.3. The molecule has 2 atom stereocenters. The van der Waals surface area contributed by atoms with Crippen molar-refractivity contribution < 1.29 is 14.3 Å². The highest BCUT2D eigenvalue weighted by molar-refractivity contribution is 5.68. The van der Waals surface area contributed by atoms with Crippen LogP contribution in [-0.2, 0) is 14.3 Å². The van der Waals surface area contributed by atoms with Crippen LogP contribution in [0.25, 0.3) is 0 Å². The summed E-state index contributed by atoms with van der Waals surface area (Å²) >= 11 is 0. The second-order valence-electron chi connectivity index (χ2n) is 6.61. The zero-order chi connectivity index (χ0) is 16.7. The molecule has 1 fully saturated rings. The number of ether oxygens (including phenoxy) is 2. The molecule has 0 spiro atoms. The Hall–Kier alpha value is -1.39. The molecule has 1 aliphatic rings. The van der Waals surface area contributed by atoms with Crippen LogP contribution >= 0.6 is 0 Å². The zero-order valence-corrected chi connectivity index (χ0v) is 14.5. The van der Waals surface area contributed by atoms with Gasteiger partial charge in [-0.3, -0.25) is 9.69 Å². The number of hydrogen-bond donors (Lipinski definition) is 0. The molecular weight excluding hydrogens is 290 g/mol. The molecule has 0 radical (unpaired) electrons. The van der Waals surface area contributed by atoms with Crippen molar-refractivity contribution in [1.29, 1.82) is 0 Å². The van der Waals surface area contributed by atoms with E-state index < -0.39 is 0 Å². The van der Waals surface area contributed by atoms with Crippen molar-refractivity contribution in [3.05, 3.63) is 35.9 Å². The van der Waals surface area contributed by atoms with Gasteiger partial charge < -0.3 is 9.47 Å². The number of carbonyl (C=O) groups excluding carboxylic acids is 1. The van der Waals surface area contributed by atoms with Gasteiger partial charge in [0.2, 0.25) is 0 Å². The van der Waals surface area contributed by atoms with Crippen LogP contribution in [-0.4, -0.2) is 43.7 Å². The summed E-state index contributed by atoms with van der Waals surface area (Å²) in [6, 6.07) is 10.5. The summed E-state index contributed by atoms with van der Waals surface area (Å²) in [6.45, 7) is 7.33. The van der Waals surface area contributed by atoms with Crippen LogP contribution < -0.4 is 0 Å². The highest BCUT2D eigenvalue weighted by Gasteiger charge is 2.30. The van der Waals surface area contributed by atoms with Crippen molar-refractivity contribution in [2.45, 2.75) is 45.3 Å². The van der Waals surface area contributed by atoms with Gasteiger partial charge >= 0.3 is 5.97 Å². The molecule has 0 saturated carbocycles. The van der Waals surface area contributed by atoms with Gasteiger partial charge in [0.15, 0.2) is 0 Å². The Bertz CT molecular complexity index is 475. The molecule has 0 amide bonds. The second kappa shape index (κ2) is 9.04. The minimum atomic E-state index is -0.116. The highest BCUT2D eigenvalue weighted by Crippen LogP contribution is 2.28. The smallest absolute Gasteiger partial charge is 0.305 e. The number of esters is 1. The predicted octanol–water partition coefficient (Wildman–Crippen LogP) is 3.43. The fourth-order valence-corrected chi connectivity index (χ4v) is 2.97. The summed E-state index contributed by atoms with van der Waals surface area (Å²) in [5.41, 5.74) is 1.25. The van der Waals surface area contributed by atoms with E-state index in [0.29, 0.717) is 12.3 Å². The maximum atomic E-state index is 11.2. The Morgan fingerprint density at radius 2 is 2.00 bits per heavy atom. The van der Waals surface area contributed by atoms with Gasteiger partial charge in [-0.2, -0.15) is 0 Å². The van der Waals surface area contributed by atoms with E-state index in [9.17, 15) is 4.79 Å². The quantitative estimate of drug-likeness (QED) is 0.570. The first-order chi connectivity index (χ1) is 11.1. The number of carbonyl (C=O) groups is 1. The van der Waals surface area contributed by atoms with E-state index in [1.165, 1.54) is 12.7 Å². The lowest BCUT2D eigenvalue weighted by Gasteiger charge is -2.40. The summed E-state index contributed by atoms with van der Waals surface area (Å²) in [5.74, 6) is 0.383. The average molecular weight is 319 g/mol. The zero-order valence-electron chi connectivity index (χ0n) is 14.5. The monoisotopic (exact) mass is 319 g/mol. The van der Waals surface area contributed by atoms with Gasteiger partial charge in [0, 0.05) is 19.5 Å². The van der Waals surface area contributed by atoms with Gasteiger partial charge in [0.25, 0.3) is 0 Å². The highest BCUT2D eigenvalue weighted by atomic mass is 16.5. The van der Waals surface area contributed by atoms with E-state index in [4.69, 9.17) is 9.47 Å². The Labute approximate surface area is 139 Å². The Balaban J connectivity index is 1.89. The number of rotatable bonds is 7. The van der Waals surface area contributed by atoms with Crippen molar-refractivity contribution >= 4 is 5.97 Å². The lowest BCUT2D eigenvalue weighted by Crippen LogP contribution is -2.46.